The van der Waals surface area contributed by atoms with Gasteiger partial charge < -0.3 is 19.8 Å². The summed E-state index contributed by atoms with van der Waals surface area (Å²) < 4.78 is 0. The van der Waals surface area contributed by atoms with Gasteiger partial charge in [-0.05, 0) is 31.5 Å². The van der Waals surface area contributed by atoms with Gasteiger partial charge in [-0.15, -0.1) is 0 Å². The zero-order chi connectivity index (χ0) is 17.6. The highest BCUT2D eigenvalue weighted by atomic mass is 16.3. The van der Waals surface area contributed by atoms with Gasteiger partial charge in [-0.3, -0.25) is 9.59 Å². The minimum absolute atomic E-state index is 0.0247. The van der Waals surface area contributed by atoms with Crippen LogP contribution in [0.15, 0.2) is 30.3 Å². The predicted octanol–water partition coefficient (Wildman–Crippen LogP) is 0.675. The molecule has 25 heavy (non-hydrogen) atoms. The van der Waals surface area contributed by atoms with Gasteiger partial charge in [0.15, 0.2) is 0 Å². The Morgan fingerprint density at radius 1 is 1.00 bits per heavy atom. The van der Waals surface area contributed by atoms with E-state index in [0.29, 0.717) is 38.3 Å². The van der Waals surface area contributed by atoms with E-state index in [0.717, 1.165) is 25.9 Å². The molecule has 1 atom stereocenters. The molecule has 1 aromatic rings. The number of hydrogen-bond acceptors (Lipinski definition) is 4. The van der Waals surface area contributed by atoms with E-state index >= 15 is 0 Å². The van der Waals surface area contributed by atoms with Crippen molar-refractivity contribution in [3.05, 3.63) is 35.9 Å². The Hall–Kier alpha value is -1.92. The number of nitrogens with zero attached hydrogens (tertiary/aromatic N) is 3. The molecule has 0 radical (unpaired) electrons. The number of likely N-dealkylation sites (tertiary alicyclic amines) is 1. The second kappa shape index (κ2) is 8.45. The number of hydrogen-bond donors (Lipinski definition) is 1. The van der Waals surface area contributed by atoms with E-state index in [9.17, 15) is 9.59 Å². The lowest BCUT2D eigenvalue weighted by atomic mass is 9.96. The van der Waals surface area contributed by atoms with Gasteiger partial charge in [-0.25, -0.2) is 0 Å². The smallest absolute Gasteiger partial charge is 0.253 e. The lowest BCUT2D eigenvalue weighted by Crippen LogP contribution is -2.53. The number of rotatable bonds is 4. The van der Waals surface area contributed by atoms with Crippen LogP contribution in [0.25, 0.3) is 0 Å². The minimum atomic E-state index is 0.0247. The summed E-state index contributed by atoms with van der Waals surface area (Å²) in [5.41, 5.74) is 0.703. The van der Waals surface area contributed by atoms with Crippen molar-refractivity contribution in [1.29, 1.82) is 0 Å². The normalized spacial score (nSPS) is 22.0. The summed E-state index contributed by atoms with van der Waals surface area (Å²) in [7, 11) is 0. The fourth-order valence-electron chi connectivity index (χ4n) is 3.75. The number of piperidine rings is 1. The van der Waals surface area contributed by atoms with E-state index in [1.165, 1.54) is 0 Å². The number of carbonyl (C=O) groups is 2. The number of amides is 2. The van der Waals surface area contributed by atoms with Crippen LogP contribution < -0.4 is 0 Å². The van der Waals surface area contributed by atoms with Crippen molar-refractivity contribution in [1.82, 2.24) is 14.7 Å². The maximum absolute atomic E-state index is 12.8. The zero-order valence-corrected chi connectivity index (χ0v) is 14.6. The van der Waals surface area contributed by atoms with E-state index < -0.39 is 0 Å². The Bertz CT molecular complexity index is 583. The summed E-state index contributed by atoms with van der Waals surface area (Å²) in [6.07, 6.45) is 1.92. The van der Waals surface area contributed by atoms with Crippen molar-refractivity contribution in [2.24, 2.45) is 5.92 Å². The maximum Gasteiger partial charge on any atom is 0.253 e. The molecule has 1 aromatic carbocycles. The minimum Gasteiger partial charge on any atom is -0.395 e. The first-order valence-electron chi connectivity index (χ1n) is 9.15. The first-order chi connectivity index (χ1) is 12.2. The van der Waals surface area contributed by atoms with Gasteiger partial charge in [0.25, 0.3) is 5.91 Å². The molecule has 2 aliphatic rings. The van der Waals surface area contributed by atoms with Gasteiger partial charge >= 0.3 is 0 Å². The van der Waals surface area contributed by atoms with Crippen LogP contribution in [-0.4, -0.2) is 84.0 Å². The van der Waals surface area contributed by atoms with E-state index in [4.69, 9.17) is 5.11 Å². The fourth-order valence-corrected chi connectivity index (χ4v) is 3.75. The fraction of sp³-hybridized carbons (Fsp3) is 0.579. The van der Waals surface area contributed by atoms with Gasteiger partial charge in [0, 0.05) is 44.8 Å². The molecule has 3 rings (SSSR count). The van der Waals surface area contributed by atoms with E-state index in [1.54, 1.807) is 0 Å². The Labute approximate surface area is 149 Å². The highest BCUT2D eigenvalue weighted by Gasteiger charge is 2.31. The van der Waals surface area contributed by atoms with Gasteiger partial charge in [0.05, 0.1) is 12.5 Å². The largest absolute Gasteiger partial charge is 0.395 e. The Morgan fingerprint density at radius 2 is 1.68 bits per heavy atom. The molecular formula is C19H27N3O3. The van der Waals surface area contributed by atoms with Gasteiger partial charge in [0.2, 0.25) is 5.91 Å². The highest BCUT2D eigenvalue weighted by molar-refractivity contribution is 5.94. The van der Waals surface area contributed by atoms with Crippen LogP contribution in [0.3, 0.4) is 0 Å². The third-order valence-corrected chi connectivity index (χ3v) is 5.17. The summed E-state index contributed by atoms with van der Waals surface area (Å²) in [6, 6.07) is 9.30. The number of aliphatic hydroxyl groups is 1. The molecule has 2 aliphatic heterocycles. The Kier molecular flexibility index (Phi) is 6.04. The van der Waals surface area contributed by atoms with Crippen LogP contribution >= 0.6 is 0 Å². The monoisotopic (exact) mass is 345 g/mol. The van der Waals surface area contributed by atoms with Gasteiger partial charge in [0.1, 0.15) is 0 Å². The third-order valence-electron chi connectivity index (χ3n) is 5.17. The summed E-state index contributed by atoms with van der Waals surface area (Å²) >= 11 is 0. The number of benzene rings is 1. The zero-order valence-electron chi connectivity index (χ0n) is 14.6. The molecule has 0 saturated carbocycles. The second-order valence-electron chi connectivity index (χ2n) is 6.85. The summed E-state index contributed by atoms with van der Waals surface area (Å²) in [5, 5.41) is 9.09. The molecule has 0 aliphatic carbocycles. The molecular weight excluding hydrogens is 318 g/mol. The number of β-amino-alcohol motifs (C(OH)–C–C–N with tert-alkyl or cyclic N) is 1. The predicted molar refractivity (Wildman–Crippen MR) is 95.2 cm³/mol. The number of piperazine rings is 1. The summed E-state index contributed by atoms with van der Waals surface area (Å²) in [5.74, 6) is 0.269. The van der Waals surface area contributed by atoms with E-state index in [2.05, 4.69) is 4.90 Å². The molecule has 2 amide bonds. The van der Waals surface area contributed by atoms with Crippen LogP contribution in [0.1, 0.15) is 23.2 Å². The molecule has 0 bridgehead atoms. The Balaban J connectivity index is 1.51. The molecule has 2 saturated heterocycles. The molecule has 6 nitrogen and oxygen atoms in total. The van der Waals surface area contributed by atoms with Crippen LogP contribution in [0.5, 0.6) is 0 Å². The van der Waals surface area contributed by atoms with Gasteiger partial charge in [-0.1, -0.05) is 18.2 Å². The number of aliphatic hydroxyl groups excluding tert-OH is 1. The molecule has 6 heteroatoms. The van der Waals surface area contributed by atoms with Crippen molar-refractivity contribution < 1.29 is 14.7 Å². The van der Waals surface area contributed by atoms with E-state index in [1.807, 2.05) is 40.1 Å². The highest BCUT2D eigenvalue weighted by Crippen LogP contribution is 2.20. The van der Waals surface area contributed by atoms with E-state index in [-0.39, 0.29) is 24.3 Å². The van der Waals surface area contributed by atoms with Crippen molar-refractivity contribution >= 4 is 11.8 Å². The van der Waals surface area contributed by atoms with Gasteiger partial charge in [-0.2, -0.15) is 0 Å². The molecule has 2 fully saturated rings. The average molecular weight is 345 g/mol. The molecule has 1 N–H and O–H groups in total. The molecule has 1 unspecified atom stereocenters. The standard InChI is InChI=1S/C19H27N3O3/c23-14-13-20-8-4-7-17(15-20)19(25)22-11-9-21(10-12-22)18(24)16-5-2-1-3-6-16/h1-3,5-6,17,23H,4,7-15H2. The first kappa shape index (κ1) is 17.9. The first-order valence-corrected chi connectivity index (χ1v) is 9.15. The van der Waals surface area contributed by atoms with Crippen LogP contribution in [0.2, 0.25) is 0 Å². The van der Waals surface area contributed by atoms with Crippen molar-refractivity contribution in [3.63, 3.8) is 0 Å². The summed E-state index contributed by atoms with van der Waals surface area (Å²) in [4.78, 5) is 31.2. The van der Waals surface area contributed by atoms with Crippen molar-refractivity contribution in [2.45, 2.75) is 12.8 Å². The average Bonchev–Trinajstić information content (AvgIpc) is 2.68. The Morgan fingerprint density at radius 3 is 2.36 bits per heavy atom. The second-order valence-corrected chi connectivity index (χ2v) is 6.85. The lowest BCUT2D eigenvalue weighted by molar-refractivity contribution is -0.138. The van der Waals surface area contributed by atoms with Crippen LogP contribution in [-0.2, 0) is 4.79 Å². The molecule has 0 spiro atoms. The van der Waals surface area contributed by atoms with Crippen LogP contribution in [0.4, 0.5) is 0 Å². The molecule has 136 valence electrons. The summed E-state index contributed by atoms with van der Waals surface area (Å²) in [6.45, 7) is 4.87. The topological polar surface area (TPSA) is 64.1 Å². The quantitative estimate of drug-likeness (QED) is 0.871. The van der Waals surface area contributed by atoms with Crippen molar-refractivity contribution in [3.8, 4) is 0 Å². The lowest BCUT2D eigenvalue weighted by Gasteiger charge is -2.39. The third kappa shape index (κ3) is 4.38. The maximum atomic E-state index is 12.8. The van der Waals surface area contributed by atoms with Crippen molar-refractivity contribution in [2.75, 3.05) is 52.4 Å². The van der Waals surface area contributed by atoms with Crippen LogP contribution in [0, 0.1) is 5.92 Å². The molecule has 2 heterocycles. The number of carbonyl (C=O) groups excluding carboxylic acids is 2. The SMILES string of the molecule is O=C(c1ccccc1)N1CCN(C(=O)C2CCCN(CCO)C2)CC1. The molecule has 0 aromatic heterocycles.